The van der Waals surface area contributed by atoms with E-state index in [0.29, 0.717) is 11.3 Å². The molecule has 0 bridgehead atoms. The zero-order valence-corrected chi connectivity index (χ0v) is 12.4. The molecule has 1 N–H and O–H groups in total. The lowest BCUT2D eigenvalue weighted by Crippen LogP contribution is -2.23. The van der Waals surface area contributed by atoms with Gasteiger partial charge in [0.2, 0.25) is 0 Å². The summed E-state index contributed by atoms with van der Waals surface area (Å²) in [5.41, 5.74) is 1.97. The summed E-state index contributed by atoms with van der Waals surface area (Å²) in [7, 11) is -3.64. The summed E-state index contributed by atoms with van der Waals surface area (Å²) in [5.74, 6) is 5.52. The molecule has 0 fully saturated rings. The summed E-state index contributed by atoms with van der Waals surface area (Å²) in [6.07, 6.45) is 9.20. The topological polar surface area (TPSA) is 46.2 Å². The highest BCUT2D eigenvalue weighted by atomic mass is 32.2. The van der Waals surface area contributed by atoms with E-state index in [2.05, 4.69) is 29.2 Å². The number of aryl methyl sites for hydroxylation is 1. The molecule has 0 atom stereocenters. The summed E-state index contributed by atoms with van der Waals surface area (Å²) in [6, 6.07) is 6.65. The van der Waals surface area contributed by atoms with E-state index in [9.17, 15) is 8.42 Å². The third-order valence-electron chi connectivity index (χ3n) is 2.75. The average molecular weight is 296 g/mol. The minimum atomic E-state index is -3.64. The predicted octanol–water partition coefficient (Wildman–Crippen LogP) is 2.65. The molecule has 1 aliphatic carbocycles. The first-order valence-corrected chi connectivity index (χ1v) is 7.73. The molecule has 0 spiro atoms. The molecule has 0 heterocycles. The van der Waals surface area contributed by atoms with Gasteiger partial charge in [-0.1, -0.05) is 30.2 Å². The fourth-order valence-electron chi connectivity index (χ4n) is 1.67. The molecule has 4 heteroatoms. The quantitative estimate of drug-likeness (QED) is 0.688. The maximum absolute atomic E-state index is 12.3. The lowest BCUT2D eigenvalue weighted by atomic mass is 10.1. The SMILES string of the molecule is C=CC#CC1=C(NS(=O)(=O)c2ccc(C)cc2)C=C[C+]=C1. The predicted molar refractivity (Wildman–Crippen MR) is 83.5 cm³/mol. The van der Waals surface area contributed by atoms with Gasteiger partial charge in [0.25, 0.3) is 10.0 Å². The molecule has 1 aromatic carbocycles. The maximum Gasteiger partial charge on any atom is 0.263 e. The third kappa shape index (κ3) is 3.70. The minimum Gasteiger partial charge on any atom is -0.255 e. The Kier molecular flexibility index (Phi) is 4.39. The number of rotatable bonds is 3. The van der Waals surface area contributed by atoms with Crippen LogP contribution in [0.5, 0.6) is 0 Å². The van der Waals surface area contributed by atoms with Crippen molar-refractivity contribution in [2.75, 3.05) is 0 Å². The van der Waals surface area contributed by atoms with Gasteiger partial charge in [-0.3, -0.25) is 4.72 Å². The summed E-state index contributed by atoms with van der Waals surface area (Å²) in [4.78, 5) is 0.212. The number of sulfonamides is 1. The molecule has 0 saturated carbocycles. The smallest absolute Gasteiger partial charge is 0.255 e. The van der Waals surface area contributed by atoms with Crippen molar-refractivity contribution in [3.8, 4) is 11.8 Å². The van der Waals surface area contributed by atoms with Gasteiger partial charge in [0.15, 0.2) is 11.3 Å². The van der Waals surface area contributed by atoms with Crippen LogP contribution < -0.4 is 4.72 Å². The van der Waals surface area contributed by atoms with Crippen LogP contribution >= 0.6 is 0 Å². The normalized spacial score (nSPS) is 13.2. The van der Waals surface area contributed by atoms with Gasteiger partial charge in [0, 0.05) is 12.0 Å². The number of nitrogens with one attached hydrogen (secondary N) is 1. The molecule has 0 radical (unpaired) electrons. The Bertz CT molecular complexity index is 799. The van der Waals surface area contributed by atoms with Crippen molar-refractivity contribution in [1.29, 1.82) is 0 Å². The van der Waals surface area contributed by atoms with Gasteiger partial charge in [-0.05, 0) is 25.1 Å². The van der Waals surface area contributed by atoms with Crippen molar-refractivity contribution >= 4 is 10.0 Å². The summed E-state index contributed by atoms with van der Waals surface area (Å²) in [5, 5.41) is 0. The third-order valence-corrected chi connectivity index (χ3v) is 4.13. The van der Waals surface area contributed by atoms with Crippen LogP contribution in [0, 0.1) is 24.8 Å². The second kappa shape index (κ2) is 6.23. The zero-order valence-electron chi connectivity index (χ0n) is 11.6. The van der Waals surface area contributed by atoms with Crippen LogP contribution in [0.3, 0.4) is 0 Å². The summed E-state index contributed by atoms with van der Waals surface area (Å²) >= 11 is 0. The lowest BCUT2D eigenvalue weighted by Gasteiger charge is -2.07. The van der Waals surface area contributed by atoms with Crippen LogP contribution in [0.1, 0.15) is 5.56 Å². The van der Waals surface area contributed by atoms with E-state index >= 15 is 0 Å². The van der Waals surface area contributed by atoms with Gasteiger partial charge in [-0.15, -0.1) is 0 Å². The van der Waals surface area contributed by atoms with E-state index in [-0.39, 0.29) is 4.90 Å². The lowest BCUT2D eigenvalue weighted by molar-refractivity contribution is 0.589. The Morgan fingerprint density at radius 2 is 2.00 bits per heavy atom. The van der Waals surface area contributed by atoms with E-state index in [1.807, 2.05) is 6.92 Å². The maximum atomic E-state index is 12.3. The molecule has 0 unspecified atom stereocenters. The van der Waals surface area contributed by atoms with Crippen molar-refractivity contribution in [2.24, 2.45) is 0 Å². The van der Waals surface area contributed by atoms with Crippen LogP contribution in [0.2, 0.25) is 0 Å². The van der Waals surface area contributed by atoms with Gasteiger partial charge in [-0.2, -0.15) is 0 Å². The average Bonchev–Trinajstić information content (AvgIpc) is 2.46. The van der Waals surface area contributed by atoms with E-state index in [1.54, 1.807) is 42.5 Å². The van der Waals surface area contributed by atoms with E-state index in [0.717, 1.165) is 5.56 Å². The molecule has 0 saturated heterocycles. The van der Waals surface area contributed by atoms with Gasteiger partial charge < -0.3 is 0 Å². The number of hydrogen-bond donors (Lipinski definition) is 1. The standard InChI is InChI=1S/C17H14NO2S/c1-3-4-7-15-8-5-6-9-17(15)18-21(19,20)16-12-10-14(2)11-13-16/h3,6,8-13,18H,1H2,2H3/q+1. The summed E-state index contributed by atoms with van der Waals surface area (Å²) in [6.45, 7) is 5.42. The van der Waals surface area contributed by atoms with E-state index < -0.39 is 10.0 Å². The molecular formula is C17H14NO2S+. The molecular weight excluding hydrogens is 282 g/mol. The van der Waals surface area contributed by atoms with Gasteiger partial charge in [-0.25, -0.2) is 8.42 Å². The molecule has 0 aromatic heterocycles. The number of benzene rings is 1. The monoisotopic (exact) mass is 296 g/mol. The first kappa shape index (κ1) is 14.8. The first-order valence-electron chi connectivity index (χ1n) is 6.25. The second-order valence-electron chi connectivity index (χ2n) is 4.36. The van der Waals surface area contributed by atoms with Crippen LogP contribution in [0.25, 0.3) is 0 Å². The van der Waals surface area contributed by atoms with Crippen molar-refractivity contribution < 1.29 is 8.42 Å². The van der Waals surface area contributed by atoms with Gasteiger partial charge in [0.1, 0.15) is 12.2 Å². The fraction of sp³-hybridized carbons (Fsp3) is 0.0588. The highest BCUT2D eigenvalue weighted by Crippen LogP contribution is 2.15. The highest BCUT2D eigenvalue weighted by molar-refractivity contribution is 7.89. The highest BCUT2D eigenvalue weighted by Gasteiger charge is 2.20. The van der Waals surface area contributed by atoms with Gasteiger partial charge in [0.05, 0.1) is 11.0 Å². The molecule has 104 valence electrons. The molecule has 2 rings (SSSR count). The Balaban J connectivity index is 2.37. The van der Waals surface area contributed by atoms with E-state index in [1.165, 1.54) is 6.08 Å². The van der Waals surface area contributed by atoms with Crippen LogP contribution in [0.15, 0.2) is 71.3 Å². The fourth-order valence-corrected chi connectivity index (χ4v) is 2.75. The largest absolute Gasteiger partial charge is 0.263 e. The Morgan fingerprint density at radius 3 is 2.67 bits per heavy atom. The molecule has 1 aromatic rings. The van der Waals surface area contributed by atoms with Crippen LogP contribution in [-0.2, 0) is 10.0 Å². The number of allylic oxidation sites excluding steroid dienone is 6. The minimum absolute atomic E-state index is 0.212. The Labute approximate surface area is 125 Å². The summed E-state index contributed by atoms with van der Waals surface area (Å²) < 4.78 is 27.2. The van der Waals surface area contributed by atoms with Crippen molar-refractivity contribution in [1.82, 2.24) is 4.72 Å². The Morgan fingerprint density at radius 1 is 1.29 bits per heavy atom. The first-order chi connectivity index (χ1) is 10.0. The van der Waals surface area contributed by atoms with Gasteiger partial charge >= 0.3 is 0 Å². The molecule has 0 amide bonds. The molecule has 1 aliphatic rings. The van der Waals surface area contributed by atoms with Crippen LogP contribution in [-0.4, -0.2) is 8.42 Å². The second-order valence-corrected chi connectivity index (χ2v) is 6.05. The van der Waals surface area contributed by atoms with Crippen molar-refractivity contribution in [2.45, 2.75) is 11.8 Å². The van der Waals surface area contributed by atoms with Crippen molar-refractivity contribution in [3.63, 3.8) is 0 Å². The zero-order chi connectivity index (χ0) is 15.3. The molecule has 21 heavy (non-hydrogen) atoms. The number of hydrogen-bond acceptors (Lipinski definition) is 2. The van der Waals surface area contributed by atoms with Crippen molar-refractivity contribution in [3.05, 3.63) is 78.1 Å². The van der Waals surface area contributed by atoms with E-state index in [4.69, 9.17) is 0 Å². The van der Waals surface area contributed by atoms with Crippen LogP contribution in [0.4, 0.5) is 0 Å². The molecule has 0 aliphatic heterocycles. The Hall–Kier alpha value is -2.60. The molecule has 3 nitrogen and oxygen atoms in total.